The molecule has 0 saturated heterocycles. The molecule has 0 fully saturated rings. The minimum atomic E-state index is 0.659. The van der Waals surface area contributed by atoms with Crippen LogP contribution in [0, 0.1) is 5.92 Å². The van der Waals surface area contributed by atoms with E-state index < -0.39 is 0 Å². The lowest BCUT2D eigenvalue weighted by Gasteiger charge is -2.07. The standard InChI is InChI=1S/C11H24ClNO/c1-11(10-12)6-5-8-13-7-3-4-9-14-2/h11,13H,3-10H2,1-2H3. The Kier molecular flexibility index (Phi) is 11.5. The van der Waals surface area contributed by atoms with Crippen LogP contribution in [0.25, 0.3) is 0 Å². The van der Waals surface area contributed by atoms with E-state index in [-0.39, 0.29) is 0 Å². The molecule has 0 aromatic carbocycles. The normalized spacial score (nSPS) is 13.1. The first kappa shape index (κ1) is 14.2. The maximum Gasteiger partial charge on any atom is 0.0462 e. The number of rotatable bonds is 10. The van der Waals surface area contributed by atoms with Crippen molar-refractivity contribution in [2.75, 3.05) is 32.7 Å². The van der Waals surface area contributed by atoms with Crippen molar-refractivity contribution in [2.45, 2.75) is 32.6 Å². The van der Waals surface area contributed by atoms with Gasteiger partial charge >= 0.3 is 0 Å². The molecule has 0 radical (unpaired) electrons. The van der Waals surface area contributed by atoms with Crippen LogP contribution in [0.5, 0.6) is 0 Å². The van der Waals surface area contributed by atoms with Crippen molar-refractivity contribution in [1.29, 1.82) is 0 Å². The Morgan fingerprint density at radius 2 is 1.93 bits per heavy atom. The van der Waals surface area contributed by atoms with Gasteiger partial charge in [-0.25, -0.2) is 0 Å². The Bertz CT molecular complexity index is 111. The molecule has 0 aliphatic rings. The minimum absolute atomic E-state index is 0.659. The van der Waals surface area contributed by atoms with Crippen molar-refractivity contribution in [3.8, 4) is 0 Å². The number of unbranched alkanes of at least 4 members (excludes halogenated alkanes) is 1. The monoisotopic (exact) mass is 221 g/mol. The van der Waals surface area contributed by atoms with Gasteiger partial charge in [0.2, 0.25) is 0 Å². The molecule has 1 unspecified atom stereocenters. The molecule has 86 valence electrons. The van der Waals surface area contributed by atoms with E-state index in [0.717, 1.165) is 32.0 Å². The van der Waals surface area contributed by atoms with Crippen LogP contribution < -0.4 is 5.32 Å². The van der Waals surface area contributed by atoms with Gasteiger partial charge in [-0.15, -0.1) is 11.6 Å². The number of halogens is 1. The molecule has 3 heteroatoms. The Labute approximate surface area is 93.4 Å². The quantitative estimate of drug-likeness (QED) is 0.453. The van der Waals surface area contributed by atoms with Gasteiger partial charge in [-0.1, -0.05) is 6.92 Å². The molecule has 0 aromatic rings. The highest BCUT2D eigenvalue weighted by Crippen LogP contribution is 2.05. The maximum absolute atomic E-state index is 5.71. The van der Waals surface area contributed by atoms with Crippen molar-refractivity contribution in [2.24, 2.45) is 5.92 Å². The molecule has 14 heavy (non-hydrogen) atoms. The fraction of sp³-hybridized carbons (Fsp3) is 1.00. The smallest absolute Gasteiger partial charge is 0.0462 e. The van der Waals surface area contributed by atoms with E-state index in [1.165, 1.54) is 19.3 Å². The largest absolute Gasteiger partial charge is 0.385 e. The first-order chi connectivity index (χ1) is 6.81. The summed E-state index contributed by atoms with van der Waals surface area (Å²) in [5, 5.41) is 3.43. The molecule has 0 aromatic heterocycles. The third-order valence-corrected chi connectivity index (χ3v) is 2.79. The second-order valence-electron chi connectivity index (χ2n) is 3.85. The summed E-state index contributed by atoms with van der Waals surface area (Å²) in [7, 11) is 1.75. The summed E-state index contributed by atoms with van der Waals surface area (Å²) in [6, 6.07) is 0. The molecule has 1 atom stereocenters. The summed E-state index contributed by atoms with van der Waals surface area (Å²) in [4.78, 5) is 0. The van der Waals surface area contributed by atoms with Gasteiger partial charge < -0.3 is 10.1 Å². The molecule has 2 nitrogen and oxygen atoms in total. The van der Waals surface area contributed by atoms with Crippen LogP contribution in [0.4, 0.5) is 0 Å². The summed E-state index contributed by atoms with van der Waals surface area (Å²) in [6.45, 7) is 5.31. The first-order valence-electron chi connectivity index (χ1n) is 5.57. The summed E-state index contributed by atoms with van der Waals surface area (Å²) in [5.74, 6) is 1.44. The predicted octanol–water partition coefficient (Wildman–Crippen LogP) is 2.66. The van der Waals surface area contributed by atoms with Gasteiger partial charge in [0.05, 0.1) is 0 Å². The Balaban J connectivity index is 2.92. The van der Waals surface area contributed by atoms with Crippen molar-refractivity contribution >= 4 is 11.6 Å². The number of alkyl halides is 1. The van der Waals surface area contributed by atoms with Crippen molar-refractivity contribution < 1.29 is 4.74 Å². The Hall–Kier alpha value is 0.210. The highest BCUT2D eigenvalue weighted by atomic mass is 35.5. The van der Waals surface area contributed by atoms with Gasteiger partial charge in [0.15, 0.2) is 0 Å². The van der Waals surface area contributed by atoms with Crippen LogP contribution in [-0.4, -0.2) is 32.7 Å². The summed E-state index contributed by atoms with van der Waals surface area (Å²) in [5.41, 5.74) is 0. The SMILES string of the molecule is COCCCCNCCCC(C)CCl. The van der Waals surface area contributed by atoms with E-state index in [1.54, 1.807) is 7.11 Å². The number of methoxy groups -OCH3 is 1. The summed E-state index contributed by atoms with van der Waals surface area (Å²) >= 11 is 5.71. The lowest BCUT2D eigenvalue weighted by atomic mass is 10.1. The van der Waals surface area contributed by atoms with E-state index >= 15 is 0 Å². The summed E-state index contributed by atoms with van der Waals surface area (Å²) in [6.07, 6.45) is 4.83. The van der Waals surface area contributed by atoms with Gasteiger partial charge in [-0.05, 0) is 44.7 Å². The van der Waals surface area contributed by atoms with Gasteiger partial charge in [0.25, 0.3) is 0 Å². The highest BCUT2D eigenvalue weighted by Gasteiger charge is 1.98. The van der Waals surface area contributed by atoms with E-state index in [2.05, 4.69) is 12.2 Å². The topological polar surface area (TPSA) is 21.3 Å². The first-order valence-corrected chi connectivity index (χ1v) is 6.10. The molecular formula is C11H24ClNO. The van der Waals surface area contributed by atoms with Crippen molar-refractivity contribution in [3.63, 3.8) is 0 Å². The Morgan fingerprint density at radius 1 is 1.21 bits per heavy atom. The fourth-order valence-electron chi connectivity index (χ4n) is 1.27. The zero-order chi connectivity index (χ0) is 10.6. The van der Waals surface area contributed by atoms with Crippen LogP contribution in [0.1, 0.15) is 32.6 Å². The van der Waals surface area contributed by atoms with Gasteiger partial charge in [0.1, 0.15) is 0 Å². The average Bonchev–Trinajstić information content (AvgIpc) is 2.21. The zero-order valence-corrected chi connectivity index (χ0v) is 10.3. The fourth-order valence-corrected chi connectivity index (χ4v) is 1.43. The number of nitrogens with one attached hydrogen (secondary N) is 1. The maximum atomic E-state index is 5.71. The van der Waals surface area contributed by atoms with Crippen LogP contribution in [-0.2, 0) is 4.74 Å². The minimum Gasteiger partial charge on any atom is -0.385 e. The molecule has 0 saturated carbocycles. The predicted molar refractivity (Wildman–Crippen MR) is 63.1 cm³/mol. The van der Waals surface area contributed by atoms with E-state index in [4.69, 9.17) is 16.3 Å². The average molecular weight is 222 g/mol. The molecule has 1 N–H and O–H groups in total. The molecular weight excluding hydrogens is 198 g/mol. The van der Waals surface area contributed by atoms with Gasteiger partial charge in [-0.2, -0.15) is 0 Å². The second-order valence-corrected chi connectivity index (χ2v) is 4.16. The van der Waals surface area contributed by atoms with E-state index in [9.17, 15) is 0 Å². The van der Waals surface area contributed by atoms with Crippen LogP contribution in [0.15, 0.2) is 0 Å². The van der Waals surface area contributed by atoms with Gasteiger partial charge in [-0.3, -0.25) is 0 Å². The number of hydrogen-bond donors (Lipinski definition) is 1. The third-order valence-electron chi connectivity index (χ3n) is 2.27. The third kappa shape index (κ3) is 10.3. The van der Waals surface area contributed by atoms with Crippen LogP contribution in [0.2, 0.25) is 0 Å². The number of hydrogen-bond acceptors (Lipinski definition) is 2. The lowest BCUT2D eigenvalue weighted by molar-refractivity contribution is 0.192. The van der Waals surface area contributed by atoms with Crippen molar-refractivity contribution in [3.05, 3.63) is 0 Å². The Morgan fingerprint density at radius 3 is 2.57 bits per heavy atom. The number of ether oxygens (including phenoxy) is 1. The molecule has 0 aliphatic heterocycles. The van der Waals surface area contributed by atoms with Crippen LogP contribution >= 0.6 is 11.6 Å². The van der Waals surface area contributed by atoms with E-state index in [1.807, 2.05) is 0 Å². The summed E-state index contributed by atoms with van der Waals surface area (Å²) < 4.78 is 4.97. The van der Waals surface area contributed by atoms with Crippen LogP contribution in [0.3, 0.4) is 0 Å². The van der Waals surface area contributed by atoms with Crippen molar-refractivity contribution in [1.82, 2.24) is 5.32 Å². The molecule has 0 bridgehead atoms. The van der Waals surface area contributed by atoms with Gasteiger partial charge in [0, 0.05) is 19.6 Å². The highest BCUT2D eigenvalue weighted by molar-refractivity contribution is 6.18. The molecule has 0 amide bonds. The molecule has 0 rings (SSSR count). The molecule has 0 spiro atoms. The second kappa shape index (κ2) is 11.3. The molecule has 0 heterocycles. The molecule has 0 aliphatic carbocycles. The van der Waals surface area contributed by atoms with E-state index in [0.29, 0.717) is 5.92 Å². The zero-order valence-electron chi connectivity index (χ0n) is 9.52. The lowest BCUT2D eigenvalue weighted by Crippen LogP contribution is -2.17.